The van der Waals surface area contributed by atoms with Crippen molar-refractivity contribution in [1.82, 2.24) is 9.80 Å². The average molecular weight is 313 g/mol. The third kappa shape index (κ3) is 6.14. The molecule has 1 rings (SSSR count). The molecule has 0 aromatic heterocycles. The molecule has 1 amide bonds. The second-order valence-electron chi connectivity index (χ2n) is 4.76. The van der Waals surface area contributed by atoms with E-state index in [2.05, 4.69) is 4.74 Å². The lowest BCUT2D eigenvalue weighted by Crippen LogP contribution is -2.40. The number of benzene rings is 1. The Balaban J connectivity index is 2.55. The number of nitrogens with zero attached hydrogens (tertiary/aromatic N) is 2. The molecule has 0 aliphatic rings. The molecule has 0 aliphatic heterocycles. The number of methoxy groups -OCH3 is 1. The first kappa shape index (κ1) is 17.5. The lowest BCUT2D eigenvalue weighted by atomic mass is 10.2. The van der Waals surface area contributed by atoms with Gasteiger partial charge in [0.15, 0.2) is 0 Å². The highest BCUT2D eigenvalue weighted by molar-refractivity contribution is 6.30. The van der Waals surface area contributed by atoms with E-state index in [9.17, 15) is 9.59 Å². The molecule has 0 heterocycles. The predicted octanol–water partition coefficient (Wildman–Crippen LogP) is 1.79. The highest BCUT2D eigenvalue weighted by Gasteiger charge is 2.16. The van der Waals surface area contributed by atoms with E-state index in [4.69, 9.17) is 11.6 Å². The summed E-state index contributed by atoms with van der Waals surface area (Å²) >= 11 is 5.92. The van der Waals surface area contributed by atoms with Gasteiger partial charge in [-0.15, -0.1) is 0 Å². The van der Waals surface area contributed by atoms with Crippen LogP contribution >= 0.6 is 11.6 Å². The zero-order valence-corrected chi connectivity index (χ0v) is 13.4. The lowest BCUT2D eigenvalue weighted by Gasteiger charge is -2.23. The molecular formula is C15H21ClN2O3. The number of hydrogen-bond acceptors (Lipinski definition) is 4. The topological polar surface area (TPSA) is 49.9 Å². The van der Waals surface area contributed by atoms with E-state index in [0.29, 0.717) is 18.1 Å². The highest BCUT2D eigenvalue weighted by atomic mass is 35.5. The molecule has 116 valence electrons. The van der Waals surface area contributed by atoms with Crippen molar-refractivity contribution < 1.29 is 14.3 Å². The Morgan fingerprint density at radius 1 is 1.29 bits per heavy atom. The van der Waals surface area contributed by atoms with Crippen LogP contribution in [0.25, 0.3) is 0 Å². The third-order valence-electron chi connectivity index (χ3n) is 3.12. The fraction of sp³-hybridized carbons (Fsp3) is 0.467. The maximum absolute atomic E-state index is 12.2. The van der Waals surface area contributed by atoms with Crippen molar-refractivity contribution in [3.05, 3.63) is 34.9 Å². The Kier molecular flexibility index (Phi) is 7.19. The molecule has 0 atom stereocenters. The number of carbonyl (C=O) groups is 2. The van der Waals surface area contributed by atoms with Crippen molar-refractivity contribution in [2.75, 3.05) is 33.8 Å². The monoisotopic (exact) mass is 312 g/mol. The first-order valence-electron chi connectivity index (χ1n) is 6.73. The molecule has 6 heteroatoms. The zero-order chi connectivity index (χ0) is 15.8. The summed E-state index contributed by atoms with van der Waals surface area (Å²) in [7, 11) is 3.07. The number of likely N-dealkylation sites (N-methyl/N-ethyl adjacent to an activating group) is 2. The van der Waals surface area contributed by atoms with Gasteiger partial charge in [-0.1, -0.05) is 30.7 Å². The van der Waals surface area contributed by atoms with Crippen molar-refractivity contribution in [2.45, 2.75) is 13.5 Å². The summed E-state index contributed by atoms with van der Waals surface area (Å²) in [6.07, 6.45) is 0. The number of amides is 1. The van der Waals surface area contributed by atoms with Crippen LogP contribution in [0.5, 0.6) is 0 Å². The van der Waals surface area contributed by atoms with Crippen LogP contribution in [0.1, 0.15) is 12.5 Å². The first-order valence-corrected chi connectivity index (χ1v) is 7.11. The Morgan fingerprint density at radius 2 is 2.00 bits per heavy atom. The molecule has 0 radical (unpaired) electrons. The van der Waals surface area contributed by atoms with Crippen LogP contribution in [0.4, 0.5) is 0 Å². The summed E-state index contributed by atoms with van der Waals surface area (Å²) in [5, 5.41) is 0.647. The quantitative estimate of drug-likeness (QED) is 0.720. The van der Waals surface area contributed by atoms with Crippen LogP contribution in [-0.2, 0) is 20.9 Å². The number of ether oxygens (including phenoxy) is 1. The second kappa shape index (κ2) is 8.64. The van der Waals surface area contributed by atoms with Gasteiger partial charge in [0, 0.05) is 18.6 Å². The Labute approximate surface area is 130 Å². The SMILES string of the molecule is CCN(CC(=O)OC)CC(=O)N(C)Cc1cccc(Cl)c1. The van der Waals surface area contributed by atoms with Crippen molar-refractivity contribution in [3.8, 4) is 0 Å². The minimum Gasteiger partial charge on any atom is -0.468 e. The van der Waals surface area contributed by atoms with Crippen LogP contribution in [0.3, 0.4) is 0 Å². The predicted molar refractivity (Wildman–Crippen MR) is 82.1 cm³/mol. The zero-order valence-electron chi connectivity index (χ0n) is 12.6. The summed E-state index contributed by atoms with van der Waals surface area (Å²) in [6.45, 7) is 3.28. The molecule has 0 saturated carbocycles. The van der Waals surface area contributed by atoms with E-state index in [-0.39, 0.29) is 25.0 Å². The van der Waals surface area contributed by atoms with Gasteiger partial charge in [0.25, 0.3) is 0 Å². The number of halogens is 1. The van der Waals surface area contributed by atoms with Crippen LogP contribution in [-0.4, -0.2) is 55.5 Å². The second-order valence-corrected chi connectivity index (χ2v) is 5.20. The van der Waals surface area contributed by atoms with E-state index >= 15 is 0 Å². The van der Waals surface area contributed by atoms with E-state index < -0.39 is 0 Å². The minimum atomic E-state index is -0.345. The van der Waals surface area contributed by atoms with Gasteiger partial charge in [0.2, 0.25) is 5.91 Å². The van der Waals surface area contributed by atoms with E-state index in [1.54, 1.807) is 22.9 Å². The smallest absolute Gasteiger partial charge is 0.319 e. The molecule has 0 unspecified atom stereocenters. The standard InChI is InChI=1S/C15H21ClN2O3/c1-4-18(11-15(20)21-3)10-14(19)17(2)9-12-6-5-7-13(16)8-12/h5-8H,4,9-11H2,1-3H3. The maximum Gasteiger partial charge on any atom is 0.319 e. The van der Waals surface area contributed by atoms with Crippen molar-refractivity contribution in [2.24, 2.45) is 0 Å². The van der Waals surface area contributed by atoms with Crippen LogP contribution in [0.15, 0.2) is 24.3 Å². The van der Waals surface area contributed by atoms with Crippen molar-refractivity contribution >= 4 is 23.5 Å². The molecule has 1 aromatic rings. The summed E-state index contributed by atoms with van der Waals surface area (Å²) < 4.78 is 4.61. The Hall–Kier alpha value is -1.59. The van der Waals surface area contributed by atoms with Gasteiger partial charge < -0.3 is 9.64 Å². The van der Waals surface area contributed by atoms with Crippen LogP contribution in [0.2, 0.25) is 5.02 Å². The minimum absolute atomic E-state index is 0.0549. The largest absolute Gasteiger partial charge is 0.468 e. The molecule has 0 saturated heterocycles. The van der Waals surface area contributed by atoms with Gasteiger partial charge >= 0.3 is 5.97 Å². The number of hydrogen-bond donors (Lipinski definition) is 0. The van der Waals surface area contributed by atoms with Gasteiger partial charge in [-0.25, -0.2) is 0 Å². The molecule has 0 bridgehead atoms. The van der Waals surface area contributed by atoms with Gasteiger partial charge in [-0.3, -0.25) is 14.5 Å². The molecular weight excluding hydrogens is 292 g/mol. The van der Waals surface area contributed by atoms with Gasteiger partial charge in [0.1, 0.15) is 0 Å². The average Bonchev–Trinajstić information content (AvgIpc) is 2.46. The molecule has 0 aliphatic carbocycles. The van der Waals surface area contributed by atoms with Gasteiger partial charge in [-0.05, 0) is 24.2 Å². The molecule has 0 fully saturated rings. The highest BCUT2D eigenvalue weighted by Crippen LogP contribution is 2.12. The summed E-state index contributed by atoms with van der Waals surface area (Å²) in [6, 6.07) is 7.40. The molecule has 1 aromatic carbocycles. The molecule has 21 heavy (non-hydrogen) atoms. The molecule has 0 N–H and O–H groups in total. The fourth-order valence-corrected chi connectivity index (χ4v) is 2.05. The fourth-order valence-electron chi connectivity index (χ4n) is 1.84. The summed E-state index contributed by atoms with van der Waals surface area (Å²) in [5.74, 6) is -0.400. The maximum atomic E-state index is 12.2. The normalized spacial score (nSPS) is 10.5. The van der Waals surface area contributed by atoms with Crippen LogP contribution in [0, 0.1) is 0 Å². The van der Waals surface area contributed by atoms with Crippen molar-refractivity contribution in [3.63, 3.8) is 0 Å². The lowest BCUT2D eigenvalue weighted by molar-refractivity contribution is -0.142. The summed E-state index contributed by atoms with van der Waals surface area (Å²) in [5.41, 5.74) is 0.967. The van der Waals surface area contributed by atoms with E-state index in [0.717, 1.165) is 5.56 Å². The van der Waals surface area contributed by atoms with Gasteiger partial charge in [-0.2, -0.15) is 0 Å². The number of rotatable bonds is 7. The van der Waals surface area contributed by atoms with E-state index in [1.807, 2.05) is 25.1 Å². The number of carbonyl (C=O) groups excluding carboxylic acids is 2. The first-order chi connectivity index (χ1) is 9.96. The number of esters is 1. The summed E-state index contributed by atoms with van der Waals surface area (Å²) in [4.78, 5) is 26.8. The van der Waals surface area contributed by atoms with Crippen LogP contribution < -0.4 is 0 Å². The van der Waals surface area contributed by atoms with E-state index in [1.165, 1.54) is 7.11 Å². The Bertz CT molecular complexity index is 494. The Morgan fingerprint density at radius 3 is 2.57 bits per heavy atom. The van der Waals surface area contributed by atoms with Gasteiger partial charge in [0.05, 0.1) is 20.2 Å². The van der Waals surface area contributed by atoms with Crippen molar-refractivity contribution in [1.29, 1.82) is 0 Å². The third-order valence-corrected chi connectivity index (χ3v) is 3.36. The molecule has 0 spiro atoms. The molecule has 5 nitrogen and oxygen atoms in total.